The van der Waals surface area contributed by atoms with Crippen LogP contribution in [0.25, 0.3) is 0 Å². The molecule has 1 saturated carbocycles. The van der Waals surface area contributed by atoms with Crippen LogP contribution in [0.3, 0.4) is 0 Å². The van der Waals surface area contributed by atoms with Gasteiger partial charge in [-0.25, -0.2) is 0 Å². The predicted octanol–water partition coefficient (Wildman–Crippen LogP) is 1.54. The Morgan fingerprint density at radius 3 is 2.65 bits per heavy atom. The number of likely N-dealkylation sites (tertiary alicyclic amines) is 1. The first-order valence-electron chi connectivity index (χ1n) is 7.41. The topological polar surface area (TPSA) is 18.5 Å². The molecule has 2 rings (SSSR count). The van der Waals surface area contributed by atoms with E-state index in [2.05, 4.69) is 35.9 Å². The molecule has 2 aliphatic rings. The van der Waals surface area contributed by atoms with Gasteiger partial charge in [0, 0.05) is 37.8 Å². The molecule has 0 bridgehead atoms. The van der Waals surface area contributed by atoms with Crippen LogP contribution in [-0.2, 0) is 0 Å². The second kappa shape index (κ2) is 6.17. The van der Waals surface area contributed by atoms with Crippen molar-refractivity contribution in [1.29, 1.82) is 0 Å². The molecule has 1 heterocycles. The van der Waals surface area contributed by atoms with Crippen LogP contribution in [0, 0.1) is 0 Å². The summed E-state index contributed by atoms with van der Waals surface area (Å²) in [6, 6.07) is 2.27. The van der Waals surface area contributed by atoms with E-state index >= 15 is 0 Å². The number of hydrogen-bond acceptors (Lipinski definition) is 3. The van der Waals surface area contributed by atoms with Crippen molar-refractivity contribution in [2.45, 2.75) is 58.2 Å². The first kappa shape index (κ1) is 13.3. The molecule has 1 saturated heterocycles. The van der Waals surface area contributed by atoms with Gasteiger partial charge in [0.2, 0.25) is 0 Å². The molecule has 0 amide bonds. The van der Waals surface area contributed by atoms with Crippen LogP contribution in [0.2, 0.25) is 0 Å². The van der Waals surface area contributed by atoms with E-state index in [1.165, 1.54) is 52.0 Å². The molecule has 100 valence electrons. The summed E-state index contributed by atoms with van der Waals surface area (Å²) in [4.78, 5) is 5.29. The van der Waals surface area contributed by atoms with Crippen LogP contribution in [-0.4, -0.2) is 60.6 Å². The van der Waals surface area contributed by atoms with Gasteiger partial charge in [0.05, 0.1) is 0 Å². The lowest BCUT2D eigenvalue weighted by atomic mass is 10.2. The average Bonchev–Trinajstić information content (AvgIpc) is 3.01. The molecule has 0 aromatic carbocycles. The highest BCUT2D eigenvalue weighted by Gasteiger charge is 2.29. The molecular formula is C14H29N3. The minimum Gasteiger partial charge on any atom is -0.310 e. The quantitative estimate of drug-likeness (QED) is 0.727. The maximum Gasteiger partial charge on any atom is 0.0209 e. The summed E-state index contributed by atoms with van der Waals surface area (Å²) in [6.07, 6.45) is 4.20. The second-order valence-corrected chi connectivity index (χ2v) is 5.97. The van der Waals surface area contributed by atoms with Crippen LogP contribution in [0.1, 0.15) is 40.0 Å². The van der Waals surface area contributed by atoms with E-state index in [1.807, 2.05) is 0 Å². The van der Waals surface area contributed by atoms with E-state index in [-0.39, 0.29) is 0 Å². The summed E-state index contributed by atoms with van der Waals surface area (Å²) in [5.41, 5.74) is 0. The van der Waals surface area contributed by atoms with Gasteiger partial charge in [0.15, 0.2) is 0 Å². The summed E-state index contributed by atoms with van der Waals surface area (Å²) in [5, 5.41) is 3.65. The molecule has 1 N–H and O–H groups in total. The second-order valence-electron chi connectivity index (χ2n) is 5.97. The number of likely N-dealkylation sites (N-methyl/N-ethyl adjacent to an activating group) is 1. The smallest absolute Gasteiger partial charge is 0.0209 e. The van der Waals surface area contributed by atoms with Crippen molar-refractivity contribution in [2.24, 2.45) is 0 Å². The van der Waals surface area contributed by atoms with Crippen LogP contribution in [0.15, 0.2) is 0 Å². The van der Waals surface area contributed by atoms with E-state index in [1.54, 1.807) is 0 Å². The summed E-state index contributed by atoms with van der Waals surface area (Å²) in [6.45, 7) is 13.1. The molecule has 17 heavy (non-hydrogen) atoms. The van der Waals surface area contributed by atoms with Gasteiger partial charge in [-0.3, -0.25) is 4.90 Å². The molecule has 0 radical (unpaired) electrons. The van der Waals surface area contributed by atoms with Crippen molar-refractivity contribution in [3.8, 4) is 0 Å². The number of rotatable bonds is 7. The van der Waals surface area contributed by atoms with Crippen molar-refractivity contribution in [2.75, 3.05) is 32.7 Å². The molecule has 3 nitrogen and oxygen atoms in total. The van der Waals surface area contributed by atoms with Crippen LogP contribution in [0.4, 0.5) is 0 Å². The number of nitrogens with zero attached hydrogens (tertiary/aromatic N) is 2. The Bertz CT molecular complexity index is 226. The highest BCUT2D eigenvalue weighted by molar-refractivity contribution is 4.86. The largest absolute Gasteiger partial charge is 0.310 e. The summed E-state index contributed by atoms with van der Waals surface area (Å²) in [5.74, 6) is 0. The molecule has 0 aromatic rings. The third kappa shape index (κ3) is 4.23. The Labute approximate surface area is 107 Å². The van der Waals surface area contributed by atoms with Gasteiger partial charge in [-0.15, -0.1) is 0 Å². The molecule has 0 aromatic heterocycles. The molecule has 1 aliphatic carbocycles. The molecule has 1 unspecified atom stereocenters. The monoisotopic (exact) mass is 239 g/mol. The first-order chi connectivity index (χ1) is 8.19. The molecular weight excluding hydrogens is 210 g/mol. The van der Waals surface area contributed by atoms with E-state index in [4.69, 9.17) is 0 Å². The standard InChI is InChI=1S/C14H29N3/c1-4-17(14-5-6-14)10-9-16-8-7-13(11-16)15-12(2)3/h12-15H,4-11H2,1-3H3. The van der Waals surface area contributed by atoms with Gasteiger partial charge >= 0.3 is 0 Å². The van der Waals surface area contributed by atoms with Gasteiger partial charge in [-0.1, -0.05) is 20.8 Å². The zero-order chi connectivity index (χ0) is 12.3. The van der Waals surface area contributed by atoms with Crippen molar-refractivity contribution in [3.63, 3.8) is 0 Å². The third-order valence-electron chi connectivity index (χ3n) is 4.01. The summed E-state index contributed by atoms with van der Waals surface area (Å²) in [7, 11) is 0. The zero-order valence-electron chi connectivity index (χ0n) is 11.8. The summed E-state index contributed by atoms with van der Waals surface area (Å²) < 4.78 is 0. The van der Waals surface area contributed by atoms with Crippen LogP contribution >= 0.6 is 0 Å². The molecule has 1 aliphatic heterocycles. The molecule has 1 atom stereocenters. The fraction of sp³-hybridized carbons (Fsp3) is 1.00. The number of nitrogens with one attached hydrogen (secondary N) is 1. The van der Waals surface area contributed by atoms with Crippen LogP contribution < -0.4 is 5.32 Å². The van der Waals surface area contributed by atoms with Gasteiger partial charge in [0.1, 0.15) is 0 Å². The summed E-state index contributed by atoms with van der Waals surface area (Å²) >= 11 is 0. The fourth-order valence-electron chi connectivity index (χ4n) is 2.95. The predicted molar refractivity (Wildman–Crippen MR) is 73.4 cm³/mol. The van der Waals surface area contributed by atoms with E-state index in [9.17, 15) is 0 Å². The average molecular weight is 239 g/mol. The van der Waals surface area contributed by atoms with Crippen molar-refractivity contribution >= 4 is 0 Å². The highest BCUT2D eigenvalue weighted by Crippen LogP contribution is 2.26. The molecule has 3 heteroatoms. The van der Waals surface area contributed by atoms with Gasteiger partial charge < -0.3 is 10.2 Å². The Morgan fingerprint density at radius 1 is 1.29 bits per heavy atom. The van der Waals surface area contributed by atoms with Crippen molar-refractivity contribution < 1.29 is 0 Å². The van der Waals surface area contributed by atoms with Crippen molar-refractivity contribution in [3.05, 3.63) is 0 Å². The maximum absolute atomic E-state index is 3.65. The third-order valence-corrected chi connectivity index (χ3v) is 4.01. The minimum atomic E-state index is 0.624. The lowest BCUT2D eigenvalue weighted by Crippen LogP contribution is -2.39. The van der Waals surface area contributed by atoms with Gasteiger partial charge in [-0.2, -0.15) is 0 Å². The van der Waals surface area contributed by atoms with Crippen LogP contribution in [0.5, 0.6) is 0 Å². The maximum atomic E-state index is 3.65. The minimum absolute atomic E-state index is 0.624. The Hall–Kier alpha value is -0.120. The lowest BCUT2D eigenvalue weighted by molar-refractivity contribution is 0.223. The van der Waals surface area contributed by atoms with E-state index < -0.39 is 0 Å². The van der Waals surface area contributed by atoms with E-state index in [0.29, 0.717) is 6.04 Å². The Balaban J connectivity index is 1.63. The Morgan fingerprint density at radius 2 is 2.06 bits per heavy atom. The fourth-order valence-corrected chi connectivity index (χ4v) is 2.95. The lowest BCUT2D eigenvalue weighted by Gasteiger charge is -2.24. The highest BCUT2D eigenvalue weighted by atomic mass is 15.2. The van der Waals surface area contributed by atoms with Gasteiger partial charge in [0.25, 0.3) is 0 Å². The SMILES string of the molecule is CCN(CCN1CCC(NC(C)C)C1)C1CC1. The Kier molecular flexibility index (Phi) is 4.83. The molecule has 0 spiro atoms. The molecule has 2 fully saturated rings. The van der Waals surface area contributed by atoms with E-state index in [0.717, 1.165) is 12.1 Å². The number of hydrogen-bond donors (Lipinski definition) is 1. The normalized spacial score (nSPS) is 26.3. The first-order valence-corrected chi connectivity index (χ1v) is 7.41. The van der Waals surface area contributed by atoms with Crippen molar-refractivity contribution in [1.82, 2.24) is 15.1 Å². The van der Waals surface area contributed by atoms with Gasteiger partial charge in [-0.05, 0) is 32.4 Å². The zero-order valence-corrected chi connectivity index (χ0v) is 11.8.